The van der Waals surface area contributed by atoms with Gasteiger partial charge in [0.1, 0.15) is 12.3 Å². The van der Waals surface area contributed by atoms with E-state index in [2.05, 4.69) is 17.1 Å². The molecule has 1 N–H and O–H groups in total. The normalized spacial score (nSPS) is 11.4. The van der Waals surface area contributed by atoms with E-state index < -0.39 is 6.36 Å². The number of hydrogen-bond acceptors (Lipinski definition) is 2. The smallest absolute Gasteiger partial charge is 0.406 e. The van der Waals surface area contributed by atoms with Gasteiger partial charge < -0.3 is 10.1 Å². The Hall–Kier alpha value is -1.23. The van der Waals surface area contributed by atoms with Gasteiger partial charge >= 0.3 is 6.36 Å². The highest BCUT2D eigenvalue weighted by Crippen LogP contribution is 2.22. The number of rotatable bonds is 3. The summed E-state index contributed by atoms with van der Waals surface area (Å²) < 4.78 is 38.9. The molecule has 0 saturated heterocycles. The number of halogens is 3. The molecular formula is C9H9F3NO. The fourth-order valence-corrected chi connectivity index (χ4v) is 0.953. The van der Waals surface area contributed by atoms with Gasteiger partial charge in [0.25, 0.3) is 0 Å². The highest BCUT2D eigenvalue weighted by molar-refractivity contribution is 5.26. The summed E-state index contributed by atoms with van der Waals surface area (Å²) in [6.07, 6.45) is -4.63. The number of nitrogens with one attached hydrogen (secondary N) is 1. The minimum Gasteiger partial charge on any atom is -0.406 e. The maximum Gasteiger partial charge on any atom is 0.573 e. The van der Waals surface area contributed by atoms with E-state index in [1.807, 2.05) is 0 Å². The molecule has 0 aliphatic carbocycles. The Morgan fingerprint density at radius 2 is 1.79 bits per heavy atom. The molecule has 0 saturated carbocycles. The van der Waals surface area contributed by atoms with E-state index in [1.54, 1.807) is 12.1 Å². The molecule has 0 aromatic heterocycles. The molecule has 0 fully saturated rings. The first-order valence-corrected chi connectivity index (χ1v) is 3.86. The van der Waals surface area contributed by atoms with E-state index in [0.29, 0.717) is 6.54 Å². The van der Waals surface area contributed by atoms with Gasteiger partial charge in [-0.1, -0.05) is 0 Å². The first-order chi connectivity index (χ1) is 6.51. The van der Waals surface area contributed by atoms with Crippen LogP contribution in [-0.4, -0.2) is 6.36 Å². The van der Waals surface area contributed by atoms with Crippen molar-refractivity contribution in [3.05, 3.63) is 36.9 Å². The predicted molar refractivity (Wildman–Crippen MR) is 43.1 cm³/mol. The molecule has 2 nitrogen and oxygen atoms in total. The zero-order valence-corrected chi connectivity index (χ0v) is 7.27. The lowest BCUT2D eigenvalue weighted by Crippen LogP contribution is -2.74. The number of ether oxygens (including phenoxy) is 1. The van der Waals surface area contributed by atoms with Gasteiger partial charge in [0.15, 0.2) is 0 Å². The van der Waals surface area contributed by atoms with Crippen LogP contribution in [0.4, 0.5) is 13.2 Å². The lowest BCUT2D eigenvalue weighted by Gasteiger charge is -2.08. The van der Waals surface area contributed by atoms with Crippen molar-refractivity contribution >= 4 is 0 Å². The number of benzene rings is 1. The molecule has 0 amide bonds. The maximum absolute atomic E-state index is 11.7. The maximum atomic E-state index is 11.7. The minimum atomic E-state index is -4.63. The Morgan fingerprint density at radius 1 is 1.21 bits per heavy atom. The molecule has 1 radical (unpaired) electrons. The fourth-order valence-electron chi connectivity index (χ4n) is 0.953. The molecule has 5 heteroatoms. The highest BCUT2D eigenvalue weighted by Gasteiger charge is 2.30. The van der Waals surface area contributed by atoms with Gasteiger partial charge in [-0.3, -0.25) is 0 Å². The average Bonchev–Trinajstić information content (AvgIpc) is 2.06. The summed E-state index contributed by atoms with van der Waals surface area (Å²) in [5.74, 6) is -0.217. The summed E-state index contributed by atoms with van der Waals surface area (Å²) in [6.45, 7) is 0.506. The molecule has 0 aliphatic heterocycles. The molecule has 0 atom stereocenters. The van der Waals surface area contributed by atoms with Crippen LogP contribution in [0.25, 0.3) is 0 Å². The first kappa shape index (κ1) is 10.8. The van der Waals surface area contributed by atoms with Gasteiger partial charge in [0.05, 0.1) is 0 Å². The van der Waals surface area contributed by atoms with Crippen LogP contribution in [0.5, 0.6) is 5.75 Å². The molecule has 1 aromatic rings. The summed E-state index contributed by atoms with van der Waals surface area (Å²) >= 11 is 0. The van der Waals surface area contributed by atoms with Gasteiger partial charge in [0, 0.05) is 5.56 Å². The van der Waals surface area contributed by atoms with Crippen LogP contribution in [0.2, 0.25) is 0 Å². The predicted octanol–water partition coefficient (Wildman–Crippen LogP) is 1.23. The van der Waals surface area contributed by atoms with Crippen molar-refractivity contribution in [2.45, 2.75) is 12.9 Å². The van der Waals surface area contributed by atoms with Crippen LogP contribution in [0.15, 0.2) is 24.3 Å². The lowest BCUT2D eigenvalue weighted by molar-refractivity contribution is -0.612. The molecule has 0 bridgehead atoms. The Balaban J connectivity index is 2.64. The van der Waals surface area contributed by atoms with Crippen LogP contribution in [0, 0.1) is 7.05 Å². The van der Waals surface area contributed by atoms with Crippen molar-refractivity contribution in [2.75, 3.05) is 0 Å². The van der Waals surface area contributed by atoms with Crippen LogP contribution >= 0.6 is 0 Å². The van der Waals surface area contributed by atoms with Crippen LogP contribution < -0.4 is 10.1 Å². The number of alkyl halides is 3. The molecular weight excluding hydrogens is 195 g/mol. The molecule has 1 rings (SSSR count). The summed E-state index contributed by atoms with van der Waals surface area (Å²) in [6, 6.07) is 5.61. The third-order valence-corrected chi connectivity index (χ3v) is 1.49. The van der Waals surface area contributed by atoms with Gasteiger partial charge in [-0.05, 0) is 24.3 Å². The van der Waals surface area contributed by atoms with Crippen LogP contribution in [-0.2, 0) is 6.54 Å². The zero-order valence-electron chi connectivity index (χ0n) is 7.27. The summed E-state index contributed by atoms with van der Waals surface area (Å²) in [7, 11) is 3.40. The van der Waals surface area contributed by atoms with Gasteiger partial charge in [-0.25, -0.2) is 0 Å². The average molecular weight is 204 g/mol. The third kappa shape index (κ3) is 3.66. The fraction of sp³-hybridized carbons (Fsp3) is 0.222. The Labute approximate surface area is 79.7 Å². The molecule has 0 aliphatic rings. The van der Waals surface area contributed by atoms with Crippen molar-refractivity contribution < 1.29 is 23.2 Å². The lowest BCUT2D eigenvalue weighted by atomic mass is 10.2. The molecule has 0 spiro atoms. The van der Waals surface area contributed by atoms with E-state index in [0.717, 1.165) is 5.56 Å². The van der Waals surface area contributed by atoms with Crippen molar-refractivity contribution in [2.24, 2.45) is 0 Å². The minimum absolute atomic E-state index is 0.217. The first-order valence-electron chi connectivity index (χ1n) is 3.86. The second kappa shape index (κ2) is 4.32. The Kier molecular flexibility index (Phi) is 3.35. The Morgan fingerprint density at radius 3 is 2.21 bits per heavy atom. The topological polar surface area (TPSA) is 24.8 Å². The van der Waals surface area contributed by atoms with Gasteiger partial charge in [-0.2, -0.15) is 0 Å². The van der Waals surface area contributed by atoms with Crippen molar-refractivity contribution in [1.82, 2.24) is 0 Å². The van der Waals surface area contributed by atoms with E-state index in [4.69, 9.17) is 0 Å². The summed E-state index contributed by atoms with van der Waals surface area (Å²) in [5.41, 5.74) is 0.842. The zero-order chi connectivity index (χ0) is 10.6. The molecule has 0 heterocycles. The Bertz CT molecular complexity index is 281. The van der Waals surface area contributed by atoms with Crippen molar-refractivity contribution in [1.29, 1.82) is 0 Å². The second-order valence-electron chi connectivity index (χ2n) is 2.62. The van der Waals surface area contributed by atoms with Crippen LogP contribution in [0.3, 0.4) is 0 Å². The second-order valence-corrected chi connectivity index (χ2v) is 2.62. The standard InChI is InChI=1S/C9H9F3NO/c1-13-6-7-2-4-8(5-3-7)14-9(10,11)12/h2-5,13H,1,6H2. The van der Waals surface area contributed by atoms with E-state index in [-0.39, 0.29) is 5.75 Å². The third-order valence-electron chi connectivity index (χ3n) is 1.49. The van der Waals surface area contributed by atoms with Crippen molar-refractivity contribution in [3.63, 3.8) is 0 Å². The SMILES string of the molecule is [CH2-][NH+]Cc1ccc(OC(F)(F)F)cc1. The largest absolute Gasteiger partial charge is 0.573 e. The van der Waals surface area contributed by atoms with E-state index >= 15 is 0 Å². The highest BCUT2D eigenvalue weighted by atomic mass is 19.4. The monoisotopic (exact) mass is 204 g/mol. The van der Waals surface area contributed by atoms with Crippen LogP contribution in [0.1, 0.15) is 5.56 Å². The van der Waals surface area contributed by atoms with Gasteiger partial charge in [0.2, 0.25) is 0 Å². The quantitative estimate of drug-likeness (QED) is 0.736. The molecule has 1 aromatic carbocycles. The van der Waals surface area contributed by atoms with Crippen molar-refractivity contribution in [3.8, 4) is 5.75 Å². The molecule has 0 unspecified atom stereocenters. The van der Waals surface area contributed by atoms with Gasteiger partial charge in [-0.15, -0.1) is 20.2 Å². The molecule has 14 heavy (non-hydrogen) atoms. The van der Waals surface area contributed by atoms with E-state index in [1.165, 1.54) is 12.1 Å². The number of hydrogen-bond donors (Lipinski definition) is 1. The van der Waals surface area contributed by atoms with E-state index in [9.17, 15) is 13.2 Å². The molecule has 77 valence electrons. The summed E-state index contributed by atoms with van der Waals surface area (Å²) in [5, 5.41) is 2.64. The summed E-state index contributed by atoms with van der Waals surface area (Å²) in [4.78, 5) is 0.